The summed E-state index contributed by atoms with van der Waals surface area (Å²) in [7, 11) is 0. The van der Waals surface area contributed by atoms with Crippen LogP contribution in [0, 0.1) is 11.3 Å². The molecule has 14 heavy (non-hydrogen) atoms. The molecule has 0 spiro atoms. The Bertz CT molecular complexity index is 330. The third-order valence-corrected chi connectivity index (χ3v) is 2.08. The molecule has 0 fully saturated rings. The molecule has 0 heterocycles. The highest BCUT2D eigenvalue weighted by molar-refractivity contribution is 5.33. The van der Waals surface area contributed by atoms with E-state index < -0.39 is 0 Å². The summed E-state index contributed by atoms with van der Waals surface area (Å²) < 4.78 is 0. The van der Waals surface area contributed by atoms with Crippen LogP contribution < -0.4 is 5.32 Å². The molecule has 0 bridgehead atoms. The normalized spacial score (nSPS) is 12.1. The number of nitriles is 1. The van der Waals surface area contributed by atoms with Crippen LogP contribution in [0.2, 0.25) is 0 Å². The number of benzene rings is 1. The van der Waals surface area contributed by atoms with Crippen LogP contribution in [-0.4, -0.2) is 18.3 Å². The van der Waals surface area contributed by atoms with Gasteiger partial charge in [0.25, 0.3) is 0 Å². The third kappa shape index (κ3) is 2.84. The molecule has 74 valence electrons. The van der Waals surface area contributed by atoms with E-state index in [1.165, 1.54) is 0 Å². The van der Waals surface area contributed by atoms with Crippen LogP contribution in [-0.2, 0) is 0 Å². The molecule has 0 saturated carbocycles. The molecule has 2 N–H and O–H groups in total. The monoisotopic (exact) mass is 190 g/mol. The first-order chi connectivity index (χ1) is 6.77. The predicted octanol–water partition coefficient (Wildman–Crippen LogP) is 1.20. The zero-order chi connectivity index (χ0) is 10.4. The fourth-order valence-electron chi connectivity index (χ4n) is 1.28. The van der Waals surface area contributed by atoms with Crippen LogP contribution in [0.15, 0.2) is 24.3 Å². The molecule has 1 aromatic rings. The second kappa shape index (κ2) is 5.38. The van der Waals surface area contributed by atoms with E-state index in [1.807, 2.05) is 25.1 Å². The first-order valence-corrected chi connectivity index (χ1v) is 4.62. The Morgan fingerprint density at radius 3 is 3.00 bits per heavy atom. The van der Waals surface area contributed by atoms with Gasteiger partial charge in [0, 0.05) is 12.6 Å². The van der Waals surface area contributed by atoms with Crippen LogP contribution in [0.25, 0.3) is 0 Å². The van der Waals surface area contributed by atoms with Crippen molar-refractivity contribution < 1.29 is 5.11 Å². The SMILES string of the molecule is CC(NCCO)c1cccc(C#N)c1. The summed E-state index contributed by atoms with van der Waals surface area (Å²) in [6.07, 6.45) is 0. The van der Waals surface area contributed by atoms with Gasteiger partial charge in [-0.25, -0.2) is 0 Å². The van der Waals surface area contributed by atoms with Gasteiger partial charge in [-0.05, 0) is 24.6 Å². The average molecular weight is 190 g/mol. The number of nitrogens with zero attached hydrogens (tertiary/aromatic N) is 1. The van der Waals surface area contributed by atoms with Crippen LogP contribution in [0.5, 0.6) is 0 Å². The van der Waals surface area contributed by atoms with Crippen molar-refractivity contribution in [3.05, 3.63) is 35.4 Å². The summed E-state index contributed by atoms with van der Waals surface area (Å²) in [5.41, 5.74) is 1.73. The lowest BCUT2D eigenvalue weighted by atomic mass is 10.1. The number of nitrogens with one attached hydrogen (secondary N) is 1. The third-order valence-electron chi connectivity index (χ3n) is 2.08. The number of aliphatic hydroxyl groups excluding tert-OH is 1. The Labute approximate surface area is 84.0 Å². The Hall–Kier alpha value is -1.37. The van der Waals surface area contributed by atoms with E-state index in [2.05, 4.69) is 11.4 Å². The summed E-state index contributed by atoms with van der Waals surface area (Å²) in [6.45, 7) is 2.70. The summed E-state index contributed by atoms with van der Waals surface area (Å²) in [5, 5.41) is 20.5. The zero-order valence-corrected chi connectivity index (χ0v) is 8.20. The maximum atomic E-state index is 8.71. The molecule has 1 unspecified atom stereocenters. The first-order valence-electron chi connectivity index (χ1n) is 4.62. The summed E-state index contributed by atoms with van der Waals surface area (Å²) >= 11 is 0. The van der Waals surface area contributed by atoms with E-state index in [4.69, 9.17) is 10.4 Å². The molecule has 3 nitrogen and oxygen atoms in total. The molecular weight excluding hydrogens is 176 g/mol. The highest BCUT2D eigenvalue weighted by Crippen LogP contribution is 2.13. The standard InChI is InChI=1S/C11H14N2O/c1-9(13-5-6-14)11-4-2-3-10(7-11)8-12/h2-4,7,9,13-14H,5-6H2,1H3. The fourth-order valence-corrected chi connectivity index (χ4v) is 1.28. The molecule has 0 aliphatic heterocycles. The van der Waals surface area contributed by atoms with Crippen molar-refractivity contribution >= 4 is 0 Å². The molecule has 0 amide bonds. The van der Waals surface area contributed by atoms with E-state index in [9.17, 15) is 0 Å². The maximum absolute atomic E-state index is 8.71. The van der Waals surface area contributed by atoms with Gasteiger partial charge in [0.2, 0.25) is 0 Å². The predicted molar refractivity (Wildman–Crippen MR) is 54.7 cm³/mol. The van der Waals surface area contributed by atoms with Crippen LogP contribution in [0.4, 0.5) is 0 Å². The first kappa shape index (κ1) is 10.7. The lowest BCUT2D eigenvalue weighted by molar-refractivity contribution is 0.286. The Kier molecular flexibility index (Phi) is 4.11. The lowest BCUT2D eigenvalue weighted by Gasteiger charge is -2.13. The summed E-state index contributed by atoms with van der Waals surface area (Å²) in [4.78, 5) is 0. The highest BCUT2D eigenvalue weighted by Gasteiger charge is 2.03. The van der Waals surface area contributed by atoms with E-state index in [0.29, 0.717) is 12.1 Å². The molecule has 1 aromatic carbocycles. The molecule has 3 heteroatoms. The van der Waals surface area contributed by atoms with Crippen LogP contribution in [0.3, 0.4) is 0 Å². The fraction of sp³-hybridized carbons (Fsp3) is 0.364. The minimum atomic E-state index is 0.127. The Balaban J connectivity index is 2.70. The van der Waals surface area contributed by atoms with Gasteiger partial charge in [0.1, 0.15) is 0 Å². The molecule has 0 aromatic heterocycles. The molecule has 1 rings (SSSR count). The Morgan fingerprint density at radius 2 is 2.36 bits per heavy atom. The van der Waals surface area contributed by atoms with Crippen molar-refractivity contribution in [2.45, 2.75) is 13.0 Å². The van der Waals surface area contributed by atoms with Crippen LogP contribution >= 0.6 is 0 Å². The number of hydrogen-bond acceptors (Lipinski definition) is 3. The van der Waals surface area contributed by atoms with Crippen molar-refractivity contribution in [3.63, 3.8) is 0 Å². The minimum absolute atomic E-state index is 0.127. The molecular formula is C11H14N2O. The summed E-state index contributed by atoms with van der Waals surface area (Å²) in [5.74, 6) is 0. The van der Waals surface area contributed by atoms with Crippen molar-refractivity contribution in [2.75, 3.05) is 13.2 Å². The van der Waals surface area contributed by atoms with Gasteiger partial charge in [-0.15, -0.1) is 0 Å². The van der Waals surface area contributed by atoms with Crippen molar-refractivity contribution in [2.24, 2.45) is 0 Å². The number of rotatable bonds is 4. The lowest BCUT2D eigenvalue weighted by Crippen LogP contribution is -2.22. The van der Waals surface area contributed by atoms with Gasteiger partial charge < -0.3 is 10.4 Å². The largest absolute Gasteiger partial charge is 0.395 e. The van der Waals surface area contributed by atoms with E-state index >= 15 is 0 Å². The molecule has 0 radical (unpaired) electrons. The quantitative estimate of drug-likeness (QED) is 0.750. The van der Waals surface area contributed by atoms with Gasteiger partial charge in [0.05, 0.1) is 18.2 Å². The van der Waals surface area contributed by atoms with Gasteiger partial charge in [0.15, 0.2) is 0 Å². The minimum Gasteiger partial charge on any atom is -0.395 e. The smallest absolute Gasteiger partial charge is 0.0991 e. The van der Waals surface area contributed by atoms with Crippen molar-refractivity contribution in [1.82, 2.24) is 5.32 Å². The molecule has 0 saturated heterocycles. The second-order valence-electron chi connectivity index (χ2n) is 3.14. The number of aliphatic hydroxyl groups is 1. The van der Waals surface area contributed by atoms with E-state index in [1.54, 1.807) is 6.07 Å². The number of hydrogen-bond donors (Lipinski definition) is 2. The molecule has 0 aliphatic carbocycles. The van der Waals surface area contributed by atoms with Crippen LogP contribution in [0.1, 0.15) is 24.1 Å². The van der Waals surface area contributed by atoms with E-state index in [-0.39, 0.29) is 12.6 Å². The van der Waals surface area contributed by atoms with Crippen molar-refractivity contribution in [3.8, 4) is 6.07 Å². The van der Waals surface area contributed by atoms with Gasteiger partial charge >= 0.3 is 0 Å². The zero-order valence-electron chi connectivity index (χ0n) is 8.20. The highest BCUT2D eigenvalue weighted by atomic mass is 16.3. The van der Waals surface area contributed by atoms with Gasteiger partial charge in [-0.3, -0.25) is 0 Å². The van der Waals surface area contributed by atoms with E-state index in [0.717, 1.165) is 5.56 Å². The Morgan fingerprint density at radius 1 is 1.57 bits per heavy atom. The van der Waals surface area contributed by atoms with Gasteiger partial charge in [-0.1, -0.05) is 12.1 Å². The summed E-state index contributed by atoms with van der Waals surface area (Å²) in [6, 6.07) is 9.73. The average Bonchev–Trinajstić information content (AvgIpc) is 2.26. The van der Waals surface area contributed by atoms with Crippen molar-refractivity contribution in [1.29, 1.82) is 5.26 Å². The topological polar surface area (TPSA) is 56.0 Å². The molecule has 1 atom stereocenters. The molecule has 0 aliphatic rings. The maximum Gasteiger partial charge on any atom is 0.0991 e. The second-order valence-corrected chi connectivity index (χ2v) is 3.14. The van der Waals surface area contributed by atoms with Gasteiger partial charge in [-0.2, -0.15) is 5.26 Å².